The minimum atomic E-state index is -0.973. The van der Waals surface area contributed by atoms with E-state index in [0.29, 0.717) is 17.3 Å². The summed E-state index contributed by atoms with van der Waals surface area (Å²) in [6.07, 6.45) is 1.33. The average Bonchev–Trinajstić information content (AvgIpc) is 2.62. The number of hydrogen-bond donors (Lipinski definition) is 2. The number of benzene rings is 2. The van der Waals surface area contributed by atoms with E-state index in [1.54, 1.807) is 6.92 Å². The van der Waals surface area contributed by atoms with E-state index in [4.69, 9.17) is 0 Å². The molecule has 1 heterocycles. The third kappa shape index (κ3) is 3.64. The van der Waals surface area contributed by atoms with Gasteiger partial charge in [0.05, 0.1) is 11.4 Å². The molecule has 8 heteroatoms. The molecule has 2 amide bonds. The third-order valence-corrected chi connectivity index (χ3v) is 4.40. The summed E-state index contributed by atoms with van der Waals surface area (Å²) >= 11 is 0. The van der Waals surface area contributed by atoms with Crippen LogP contribution < -0.4 is 10.9 Å². The lowest BCUT2D eigenvalue weighted by Crippen LogP contribution is -2.34. The monoisotopic (exact) mass is 375 g/mol. The Hall–Kier alpha value is -3.29. The molecule has 0 spiro atoms. The fraction of sp³-hybridized carbons (Fsp3) is 0.158. The zero-order chi connectivity index (χ0) is 19.7. The summed E-state index contributed by atoms with van der Waals surface area (Å²) < 4.78 is 40.7. The molecule has 0 unspecified atom stereocenters. The minimum Gasteiger partial charge on any atom is -0.328 e. The number of aromatic amines is 1. The van der Waals surface area contributed by atoms with Crippen LogP contribution in [0.25, 0.3) is 10.8 Å². The second kappa shape index (κ2) is 7.14. The molecule has 1 atom stereocenters. The highest BCUT2D eigenvalue weighted by atomic mass is 19.1. The van der Waals surface area contributed by atoms with Crippen LogP contribution in [0.1, 0.15) is 18.5 Å². The number of fused-ring (bicyclic) bond motifs is 1. The molecule has 5 nitrogen and oxygen atoms in total. The van der Waals surface area contributed by atoms with Crippen LogP contribution in [0.2, 0.25) is 0 Å². The fourth-order valence-corrected chi connectivity index (χ4v) is 2.80. The first kappa shape index (κ1) is 18.5. The molecular weight excluding hydrogens is 359 g/mol. The van der Waals surface area contributed by atoms with Crippen LogP contribution in [0.5, 0.6) is 0 Å². The van der Waals surface area contributed by atoms with Gasteiger partial charge in [-0.25, -0.2) is 18.0 Å². The summed E-state index contributed by atoms with van der Waals surface area (Å²) in [6, 6.07) is 5.80. The summed E-state index contributed by atoms with van der Waals surface area (Å²) in [5, 5.41) is 2.42. The van der Waals surface area contributed by atoms with Crippen molar-refractivity contribution in [1.29, 1.82) is 0 Å². The van der Waals surface area contributed by atoms with Crippen molar-refractivity contribution >= 4 is 22.5 Å². The van der Waals surface area contributed by atoms with Crippen molar-refractivity contribution in [3.05, 3.63) is 76.0 Å². The van der Waals surface area contributed by atoms with Gasteiger partial charge in [0.2, 0.25) is 0 Å². The predicted molar refractivity (Wildman–Crippen MR) is 96.1 cm³/mol. The highest BCUT2D eigenvalue weighted by molar-refractivity contribution is 5.90. The smallest absolute Gasteiger partial charge is 0.322 e. The highest BCUT2D eigenvalue weighted by Gasteiger charge is 2.22. The normalized spacial score (nSPS) is 12.0. The fourth-order valence-electron chi connectivity index (χ4n) is 2.80. The van der Waals surface area contributed by atoms with E-state index in [2.05, 4.69) is 10.3 Å². The van der Waals surface area contributed by atoms with Crippen LogP contribution in [0.3, 0.4) is 0 Å². The summed E-state index contributed by atoms with van der Waals surface area (Å²) in [4.78, 5) is 28.1. The molecule has 2 aromatic carbocycles. The molecule has 1 aromatic heterocycles. The van der Waals surface area contributed by atoms with Gasteiger partial charge in [-0.2, -0.15) is 0 Å². The number of anilines is 1. The van der Waals surface area contributed by atoms with Crippen molar-refractivity contribution in [3.63, 3.8) is 0 Å². The minimum absolute atomic E-state index is 0.0881. The number of H-pyrrole nitrogens is 1. The number of amides is 2. The summed E-state index contributed by atoms with van der Waals surface area (Å²) in [5.41, 5.74) is 0.0838. The Kier molecular flexibility index (Phi) is 4.89. The second-order valence-electron chi connectivity index (χ2n) is 6.11. The van der Waals surface area contributed by atoms with Crippen LogP contribution in [-0.2, 0) is 0 Å². The molecule has 27 heavy (non-hydrogen) atoms. The van der Waals surface area contributed by atoms with Crippen molar-refractivity contribution in [1.82, 2.24) is 9.88 Å². The van der Waals surface area contributed by atoms with Gasteiger partial charge in [-0.05, 0) is 48.2 Å². The van der Waals surface area contributed by atoms with Gasteiger partial charge < -0.3 is 15.2 Å². The molecule has 0 aliphatic rings. The van der Waals surface area contributed by atoms with Crippen molar-refractivity contribution in [2.45, 2.75) is 13.0 Å². The van der Waals surface area contributed by atoms with Crippen LogP contribution in [0.4, 0.5) is 23.7 Å². The zero-order valence-corrected chi connectivity index (χ0v) is 14.5. The summed E-state index contributed by atoms with van der Waals surface area (Å²) in [7, 11) is 1.50. The lowest BCUT2D eigenvalue weighted by molar-refractivity contribution is 0.208. The number of pyridine rings is 1. The molecule has 0 aliphatic heterocycles. The quantitative estimate of drug-likeness (QED) is 0.722. The molecule has 140 valence electrons. The number of nitrogens with one attached hydrogen (secondary N) is 2. The topological polar surface area (TPSA) is 65.2 Å². The summed E-state index contributed by atoms with van der Waals surface area (Å²) in [6.45, 7) is 1.65. The first-order chi connectivity index (χ1) is 12.8. The van der Waals surface area contributed by atoms with Crippen molar-refractivity contribution in [2.75, 3.05) is 12.4 Å². The van der Waals surface area contributed by atoms with Crippen LogP contribution in [0, 0.1) is 17.5 Å². The summed E-state index contributed by atoms with van der Waals surface area (Å²) in [5.74, 6) is -2.23. The number of aromatic nitrogens is 1. The Labute approximate surface area is 152 Å². The van der Waals surface area contributed by atoms with Gasteiger partial charge in [0.1, 0.15) is 17.5 Å². The Bertz CT molecular complexity index is 1060. The molecule has 3 rings (SSSR count). The van der Waals surface area contributed by atoms with Gasteiger partial charge in [-0.3, -0.25) is 4.79 Å². The van der Waals surface area contributed by atoms with Crippen LogP contribution in [-0.4, -0.2) is 23.0 Å². The molecule has 3 aromatic rings. The van der Waals surface area contributed by atoms with Crippen LogP contribution >= 0.6 is 0 Å². The largest absolute Gasteiger partial charge is 0.328 e. The molecule has 0 bridgehead atoms. The van der Waals surface area contributed by atoms with E-state index in [9.17, 15) is 22.8 Å². The molecule has 0 fully saturated rings. The lowest BCUT2D eigenvalue weighted by atomic mass is 10.0. The van der Waals surface area contributed by atoms with Gasteiger partial charge in [-0.1, -0.05) is 0 Å². The van der Waals surface area contributed by atoms with Gasteiger partial charge in [0.25, 0.3) is 5.56 Å². The molecule has 0 radical (unpaired) electrons. The molecule has 2 N–H and O–H groups in total. The molecular formula is C19H16F3N3O2. The van der Waals surface area contributed by atoms with Crippen molar-refractivity contribution in [3.8, 4) is 0 Å². The maximum atomic E-state index is 14.0. The number of halogens is 3. The lowest BCUT2D eigenvalue weighted by Gasteiger charge is -2.26. The second-order valence-corrected chi connectivity index (χ2v) is 6.11. The van der Waals surface area contributed by atoms with Gasteiger partial charge in [0.15, 0.2) is 0 Å². The third-order valence-electron chi connectivity index (χ3n) is 4.40. The highest BCUT2D eigenvalue weighted by Crippen LogP contribution is 2.27. The van der Waals surface area contributed by atoms with Gasteiger partial charge in [0, 0.05) is 25.0 Å². The van der Waals surface area contributed by atoms with Gasteiger partial charge >= 0.3 is 6.03 Å². The predicted octanol–water partition coefficient (Wildman–Crippen LogP) is 4.17. The van der Waals surface area contributed by atoms with E-state index in [-0.39, 0.29) is 10.8 Å². The maximum absolute atomic E-state index is 14.0. The number of carbonyl (C=O) groups excluding carboxylic acids is 1. The van der Waals surface area contributed by atoms with Gasteiger partial charge in [-0.15, -0.1) is 0 Å². The molecule has 0 saturated heterocycles. The molecule has 0 aliphatic carbocycles. The molecule has 0 saturated carbocycles. The number of rotatable bonds is 3. The van der Waals surface area contributed by atoms with Crippen LogP contribution in [0.15, 0.2) is 47.4 Å². The zero-order valence-electron chi connectivity index (χ0n) is 14.5. The standard InChI is InChI=1S/C19H16F3N3O2/c1-10(25(2)19(27)24-13-5-3-11(20)4-6-13)15-9-23-18(26)17-14(15)7-12(21)8-16(17)22/h3-10H,1-2H3,(H,23,26)(H,24,27)/t10-/m1/s1. The Morgan fingerprint density at radius 2 is 1.78 bits per heavy atom. The van der Waals surface area contributed by atoms with E-state index in [1.165, 1.54) is 42.4 Å². The van der Waals surface area contributed by atoms with E-state index in [0.717, 1.165) is 6.07 Å². The first-order valence-corrected chi connectivity index (χ1v) is 8.07. The van der Waals surface area contributed by atoms with Crippen molar-refractivity contribution < 1.29 is 18.0 Å². The van der Waals surface area contributed by atoms with Crippen molar-refractivity contribution in [2.24, 2.45) is 0 Å². The van der Waals surface area contributed by atoms with E-state index in [1.807, 2.05) is 0 Å². The van der Waals surface area contributed by atoms with E-state index < -0.39 is 35.1 Å². The Morgan fingerprint density at radius 3 is 2.44 bits per heavy atom. The number of nitrogens with zero attached hydrogens (tertiary/aromatic N) is 1. The Morgan fingerprint density at radius 1 is 1.11 bits per heavy atom. The average molecular weight is 375 g/mol. The first-order valence-electron chi connectivity index (χ1n) is 8.07. The number of hydrogen-bond acceptors (Lipinski definition) is 2. The van der Waals surface area contributed by atoms with E-state index >= 15 is 0 Å². The number of carbonyl (C=O) groups is 1. The SMILES string of the molecule is C[C@H](c1c[nH]c(=O)c2c(F)cc(F)cc12)N(C)C(=O)Nc1ccc(F)cc1. The maximum Gasteiger partial charge on any atom is 0.322 e. The number of urea groups is 1. The Balaban J connectivity index is 1.94.